The van der Waals surface area contributed by atoms with E-state index in [0.717, 1.165) is 9.79 Å². The molecule has 2 N–H and O–H groups in total. The average Bonchev–Trinajstić information content (AvgIpc) is 2.45. The lowest BCUT2D eigenvalue weighted by Gasteiger charge is -2.09. The number of ether oxygens (including phenoxy) is 1. The van der Waals surface area contributed by atoms with Crippen LogP contribution in [0.1, 0.15) is 17.3 Å². The quantitative estimate of drug-likeness (QED) is 0.634. The summed E-state index contributed by atoms with van der Waals surface area (Å²) >= 11 is 13.5. The molecular weight excluding hydrogens is 329 g/mol. The second-order valence-electron chi connectivity index (χ2n) is 4.15. The molecule has 0 saturated carbocycles. The molecule has 0 aromatic heterocycles. The van der Waals surface area contributed by atoms with E-state index in [4.69, 9.17) is 33.7 Å². The largest absolute Gasteiger partial charge is 0.462 e. The van der Waals surface area contributed by atoms with Crippen molar-refractivity contribution in [3.8, 4) is 0 Å². The van der Waals surface area contributed by atoms with Crippen molar-refractivity contribution in [1.82, 2.24) is 0 Å². The number of esters is 1. The average molecular weight is 342 g/mol. The Hall–Kier alpha value is -1.36. The van der Waals surface area contributed by atoms with Crippen molar-refractivity contribution < 1.29 is 9.53 Å². The van der Waals surface area contributed by atoms with Gasteiger partial charge in [0.2, 0.25) is 0 Å². The van der Waals surface area contributed by atoms with Crippen molar-refractivity contribution in [3.63, 3.8) is 0 Å². The highest BCUT2D eigenvalue weighted by Gasteiger charge is 2.11. The maximum absolute atomic E-state index is 11.6. The summed E-state index contributed by atoms with van der Waals surface area (Å²) < 4.78 is 4.94. The summed E-state index contributed by atoms with van der Waals surface area (Å²) in [6.07, 6.45) is 0. The zero-order valence-electron chi connectivity index (χ0n) is 11.2. The molecule has 0 saturated heterocycles. The maximum Gasteiger partial charge on any atom is 0.338 e. The molecule has 6 heteroatoms. The molecule has 0 amide bonds. The Morgan fingerprint density at radius 2 is 1.95 bits per heavy atom. The Labute approximate surface area is 137 Å². The zero-order chi connectivity index (χ0) is 15.4. The fraction of sp³-hybridized carbons (Fsp3) is 0.133. The number of carbonyl (C=O) groups excluding carboxylic acids is 1. The van der Waals surface area contributed by atoms with Gasteiger partial charge in [-0.05, 0) is 43.3 Å². The minimum atomic E-state index is -0.387. The number of anilines is 1. The SMILES string of the molecule is CCOC(=O)c1ccc(Sc2cc(Cl)ccc2Cl)c(N)c1. The Morgan fingerprint density at radius 1 is 1.19 bits per heavy atom. The molecule has 0 bridgehead atoms. The van der Waals surface area contributed by atoms with Gasteiger partial charge in [-0.2, -0.15) is 0 Å². The molecule has 3 nitrogen and oxygen atoms in total. The first kappa shape index (κ1) is 16.0. The van der Waals surface area contributed by atoms with Gasteiger partial charge in [0.1, 0.15) is 0 Å². The highest BCUT2D eigenvalue weighted by Crippen LogP contribution is 2.37. The normalized spacial score (nSPS) is 10.4. The first-order valence-corrected chi connectivity index (χ1v) is 7.78. The first-order chi connectivity index (χ1) is 10.0. The minimum Gasteiger partial charge on any atom is -0.462 e. The molecule has 110 valence electrons. The van der Waals surface area contributed by atoms with E-state index < -0.39 is 0 Å². The van der Waals surface area contributed by atoms with Gasteiger partial charge in [-0.15, -0.1) is 0 Å². The standard InChI is InChI=1S/C15H13Cl2NO2S/c1-2-20-15(19)9-3-6-13(12(18)7-9)21-14-8-10(16)4-5-11(14)17/h3-8H,2,18H2,1H3. The molecular formula is C15H13Cl2NO2S. The summed E-state index contributed by atoms with van der Waals surface area (Å²) in [5.74, 6) is -0.387. The molecule has 0 atom stereocenters. The third kappa shape index (κ3) is 4.06. The van der Waals surface area contributed by atoms with Crippen LogP contribution in [-0.2, 0) is 4.74 Å². The van der Waals surface area contributed by atoms with Crippen molar-refractivity contribution in [2.24, 2.45) is 0 Å². The highest BCUT2D eigenvalue weighted by molar-refractivity contribution is 7.99. The summed E-state index contributed by atoms with van der Waals surface area (Å²) in [7, 11) is 0. The van der Waals surface area contributed by atoms with Gasteiger partial charge in [0.05, 0.1) is 17.2 Å². The predicted molar refractivity (Wildman–Crippen MR) is 87.4 cm³/mol. The number of carbonyl (C=O) groups is 1. The van der Waals surface area contributed by atoms with Gasteiger partial charge in [-0.25, -0.2) is 4.79 Å². The monoisotopic (exact) mass is 341 g/mol. The number of nitrogen functional groups attached to an aromatic ring is 1. The molecule has 0 aliphatic rings. The van der Waals surface area contributed by atoms with Crippen molar-refractivity contribution in [3.05, 3.63) is 52.0 Å². The summed E-state index contributed by atoms with van der Waals surface area (Å²) in [4.78, 5) is 13.2. The summed E-state index contributed by atoms with van der Waals surface area (Å²) in [5.41, 5.74) is 6.90. The smallest absolute Gasteiger partial charge is 0.338 e. The van der Waals surface area contributed by atoms with E-state index in [1.807, 2.05) is 0 Å². The van der Waals surface area contributed by atoms with Crippen LogP contribution in [0.3, 0.4) is 0 Å². The van der Waals surface area contributed by atoms with E-state index in [0.29, 0.717) is 27.9 Å². The van der Waals surface area contributed by atoms with Crippen molar-refractivity contribution in [2.45, 2.75) is 16.7 Å². The lowest BCUT2D eigenvalue weighted by atomic mass is 10.2. The number of nitrogens with two attached hydrogens (primary N) is 1. The van der Waals surface area contributed by atoms with Gasteiger partial charge >= 0.3 is 5.97 Å². The van der Waals surface area contributed by atoms with Crippen LogP contribution in [-0.4, -0.2) is 12.6 Å². The molecule has 2 aromatic carbocycles. The van der Waals surface area contributed by atoms with Crippen LogP contribution in [0.15, 0.2) is 46.2 Å². The van der Waals surface area contributed by atoms with E-state index in [2.05, 4.69) is 0 Å². The molecule has 0 spiro atoms. The van der Waals surface area contributed by atoms with Crippen LogP contribution in [0.25, 0.3) is 0 Å². The van der Waals surface area contributed by atoms with Crippen LogP contribution in [0.2, 0.25) is 10.0 Å². The van der Waals surface area contributed by atoms with Crippen LogP contribution in [0.4, 0.5) is 5.69 Å². The molecule has 2 aromatic rings. The van der Waals surface area contributed by atoms with Gasteiger partial charge in [-0.1, -0.05) is 35.0 Å². The lowest BCUT2D eigenvalue weighted by Crippen LogP contribution is -2.05. The van der Waals surface area contributed by atoms with Gasteiger partial charge in [0, 0.05) is 20.5 Å². The van der Waals surface area contributed by atoms with Crippen molar-refractivity contribution >= 4 is 46.6 Å². The number of benzene rings is 2. The maximum atomic E-state index is 11.6. The zero-order valence-corrected chi connectivity index (χ0v) is 13.6. The molecule has 0 unspecified atom stereocenters. The molecule has 2 rings (SSSR count). The second-order valence-corrected chi connectivity index (χ2v) is 6.08. The summed E-state index contributed by atoms with van der Waals surface area (Å²) in [6.45, 7) is 2.08. The van der Waals surface area contributed by atoms with E-state index in [1.54, 1.807) is 43.3 Å². The second kappa shape index (κ2) is 7.07. The topological polar surface area (TPSA) is 52.3 Å². The Balaban J connectivity index is 2.25. The Bertz CT molecular complexity index is 677. The van der Waals surface area contributed by atoms with Crippen molar-refractivity contribution in [1.29, 1.82) is 0 Å². The van der Waals surface area contributed by atoms with Crippen LogP contribution < -0.4 is 5.73 Å². The van der Waals surface area contributed by atoms with Gasteiger partial charge in [0.25, 0.3) is 0 Å². The van der Waals surface area contributed by atoms with E-state index >= 15 is 0 Å². The van der Waals surface area contributed by atoms with E-state index in [1.165, 1.54) is 11.8 Å². The van der Waals surface area contributed by atoms with Gasteiger partial charge < -0.3 is 10.5 Å². The highest BCUT2D eigenvalue weighted by atomic mass is 35.5. The molecule has 21 heavy (non-hydrogen) atoms. The number of hydrogen-bond acceptors (Lipinski definition) is 4. The number of hydrogen-bond donors (Lipinski definition) is 1. The number of halogens is 2. The van der Waals surface area contributed by atoms with Gasteiger partial charge in [0.15, 0.2) is 0 Å². The fourth-order valence-corrected chi connectivity index (χ4v) is 3.03. The fourth-order valence-electron chi connectivity index (χ4n) is 1.66. The molecule has 0 aliphatic heterocycles. The van der Waals surface area contributed by atoms with E-state index in [9.17, 15) is 4.79 Å². The van der Waals surface area contributed by atoms with Crippen LogP contribution in [0.5, 0.6) is 0 Å². The summed E-state index contributed by atoms with van der Waals surface area (Å²) in [6, 6.07) is 10.3. The van der Waals surface area contributed by atoms with Crippen LogP contribution >= 0.6 is 35.0 Å². The summed E-state index contributed by atoms with van der Waals surface area (Å²) in [5, 5.41) is 1.20. The third-order valence-corrected chi connectivity index (χ3v) is 4.46. The first-order valence-electron chi connectivity index (χ1n) is 6.20. The Kier molecular flexibility index (Phi) is 5.39. The van der Waals surface area contributed by atoms with Crippen LogP contribution in [0, 0.1) is 0 Å². The molecule has 0 radical (unpaired) electrons. The molecule has 0 aliphatic carbocycles. The Morgan fingerprint density at radius 3 is 2.62 bits per heavy atom. The minimum absolute atomic E-state index is 0.327. The third-order valence-electron chi connectivity index (χ3n) is 2.63. The van der Waals surface area contributed by atoms with Crippen molar-refractivity contribution in [2.75, 3.05) is 12.3 Å². The van der Waals surface area contributed by atoms with Gasteiger partial charge in [-0.3, -0.25) is 0 Å². The lowest BCUT2D eigenvalue weighted by molar-refractivity contribution is 0.0526. The number of rotatable bonds is 4. The molecule has 0 fully saturated rings. The molecule has 0 heterocycles. The predicted octanol–water partition coefficient (Wildman–Crippen LogP) is 4.90. The van der Waals surface area contributed by atoms with E-state index in [-0.39, 0.29) is 5.97 Å².